The summed E-state index contributed by atoms with van der Waals surface area (Å²) in [6.45, 7) is 8.02. The molecule has 0 spiro atoms. The molecule has 1 N–H and O–H groups in total. The van der Waals surface area contributed by atoms with Crippen LogP contribution in [0.15, 0.2) is 54.6 Å². The van der Waals surface area contributed by atoms with Crippen molar-refractivity contribution in [2.24, 2.45) is 5.92 Å². The molecule has 2 rings (SSSR count). The summed E-state index contributed by atoms with van der Waals surface area (Å²) in [5.74, 6) is 0.199. The Bertz CT molecular complexity index is 739. The summed E-state index contributed by atoms with van der Waals surface area (Å²) in [5.41, 5.74) is 2.04. The Hall–Kier alpha value is -2.82. The van der Waals surface area contributed by atoms with Gasteiger partial charge in [-0.25, -0.2) is 9.59 Å². The van der Waals surface area contributed by atoms with Gasteiger partial charge in [-0.2, -0.15) is 0 Å². The van der Waals surface area contributed by atoms with E-state index in [1.807, 2.05) is 56.3 Å². The highest BCUT2D eigenvalue weighted by Gasteiger charge is 2.27. The molecular weight excluding hydrogens is 342 g/mol. The lowest BCUT2D eigenvalue weighted by atomic mass is 10.0. The largest absolute Gasteiger partial charge is 0.445 e. The molecule has 1 amide bonds. The van der Waals surface area contributed by atoms with E-state index in [2.05, 4.69) is 19.2 Å². The molecule has 0 heterocycles. The Kier molecular flexibility index (Phi) is 7.41. The molecule has 0 aliphatic carbocycles. The van der Waals surface area contributed by atoms with Crippen LogP contribution in [0.25, 0.3) is 0 Å². The van der Waals surface area contributed by atoms with Gasteiger partial charge in [-0.05, 0) is 35.1 Å². The van der Waals surface area contributed by atoms with Crippen LogP contribution in [-0.2, 0) is 16.1 Å². The van der Waals surface area contributed by atoms with Gasteiger partial charge in [-0.15, -0.1) is 0 Å². The first-order valence-electron chi connectivity index (χ1n) is 9.15. The number of hydrogen-bond acceptors (Lipinski definition) is 4. The number of benzene rings is 2. The molecule has 0 aliphatic heterocycles. The van der Waals surface area contributed by atoms with Crippen molar-refractivity contribution in [1.82, 2.24) is 5.32 Å². The number of hydrogen-bond donors (Lipinski definition) is 1. The quantitative estimate of drug-likeness (QED) is 0.569. The van der Waals surface area contributed by atoms with E-state index in [9.17, 15) is 9.59 Å². The molecule has 1 atom stereocenters. The maximum absolute atomic E-state index is 12.5. The van der Waals surface area contributed by atoms with Crippen molar-refractivity contribution in [3.8, 4) is 5.75 Å². The van der Waals surface area contributed by atoms with E-state index >= 15 is 0 Å². The molecule has 2 aromatic rings. The third kappa shape index (κ3) is 6.44. The zero-order valence-corrected chi connectivity index (χ0v) is 16.3. The van der Waals surface area contributed by atoms with Crippen LogP contribution < -0.4 is 10.1 Å². The normalized spacial score (nSPS) is 11.9. The van der Waals surface area contributed by atoms with Crippen LogP contribution in [0.3, 0.4) is 0 Å². The Morgan fingerprint density at radius 1 is 0.926 bits per heavy atom. The van der Waals surface area contributed by atoms with E-state index in [1.165, 1.54) is 0 Å². The van der Waals surface area contributed by atoms with E-state index in [0.717, 1.165) is 11.1 Å². The monoisotopic (exact) mass is 369 g/mol. The molecule has 0 saturated heterocycles. The van der Waals surface area contributed by atoms with Crippen molar-refractivity contribution in [1.29, 1.82) is 0 Å². The van der Waals surface area contributed by atoms with Crippen LogP contribution in [0.5, 0.6) is 5.75 Å². The summed E-state index contributed by atoms with van der Waals surface area (Å²) >= 11 is 0. The molecule has 1 unspecified atom stereocenters. The van der Waals surface area contributed by atoms with Gasteiger partial charge in [0.2, 0.25) is 0 Å². The minimum absolute atomic E-state index is 0.142. The van der Waals surface area contributed by atoms with Crippen molar-refractivity contribution in [2.45, 2.75) is 46.3 Å². The smallest absolute Gasteiger partial charge is 0.408 e. The van der Waals surface area contributed by atoms with E-state index < -0.39 is 18.1 Å². The molecule has 0 radical (unpaired) electrons. The van der Waals surface area contributed by atoms with Crippen molar-refractivity contribution in [3.63, 3.8) is 0 Å². The van der Waals surface area contributed by atoms with Crippen LogP contribution in [0.2, 0.25) is 0 Å². The molecule has 5 heteroatoms. The summed E-state index contributed by atoms with van der Waals surface area (Å²) in [7, 11) is 0. The predicted octanol–water partition coefficient (Wildman–Crippen LogP) is 4.67. The predicted molar refractivity (Wildman–Crippen MR) is 105 cm³/mol. The SMILES string of the molecule is CC(C)c1ccc(OC(=O)C(NC(=O)OCc2ccccc2)C(C)C)cc1. The Morgan fingerprint density at radius 3 is 2.11 bits per heavy atom. The number of rotatable bonds is 7. The van der Waals surface area contributed by atoms with E-state index in [1.54, 1.807) is 12.1 Å². The van der Waals surface area contributed by atoms with E-state index in [4.69, 9.17) is 9.47 Å². The van der Waals surface area contributed by atoms with Gasteiger partial charge in [0.15, 0.2) is 0 Å². The third-order valence-corrected chi connectivity index (χ3v) is 4.17. The van der Waals surface area contributed by atoms with Gasteiger partial charge < -0.3 is 14.8 Å². The van der Waals surface area contributed by atoms with Gasteiger partial charge in [-0.3, -0.25) is 0 Å². The highest BCUT2D eigenvalue weighted by Crippen LogP contribution is 2.19. The van der Waals surface area contributed by atoms with E-state index in [0.29, 0.717) is 11.7 Å². The average Bonchev–Trinajstić information content (AvgIpc) is 2.65. The first-order chi connectivity index (χ1) is 12.9. The Labute approximate surface area is 160 Å². The molecule has 0 aliphatic rings. The molecule has 5 nitrogen and oxygen atoms in total. The highest BCUT2D eigenvalue weighted by molar-refractivity contribution is 5.83. The average molecular weight is 369 g/mol. The zero-order chi connectivity index (χ0) is 19.8. The second-order valence-electron chi connectivity index (χ2n) is 7.07. The zero-order valence-electron chi connectivity index (χ0n) is 16.3. The Balaban J connectivity index is 1.92. The molecule has 0 bridgehead atoms. The number of ether oxygens (including phenoxy) is 2. The van der Waals surface area contributed by atoms with Crippen LogP contribution >= 0.6 is 0 Å². The van der Waals surface area contributed by atoms with Crippen LogP contribution in [-0.4, -0.2) is 18.1 Å². The first kappa shape index (κ1) is 20.5. The van der Waals surface area contributed by atoms with Crippen molar-refractivity contribution in [3.05, 3.63) is 65.7 Å². The maximum atomic E-state index is 12.5. The summed E-state index contributed by atoms with van der Waals surface area (Å²) in [4.78, 5) is 24.6. The number of nitrogens with one attached hydrogen (secondary N) is 1. The minimum atomic E-state index is -0.793. The van der Waals surface area contributed by atoms with Crippen LogP contribution in [0.1, 0.15) is 44.7 Å². The summed E-state index contributed by atoms with van der Waals surface area (Å²) in [5, 5.41) is 2.60. The van der Waals surface area contributed by atoms with Crippen LogP contribution in [0.4, 0.5) is 4.79 Å². The molecule has 0 aromatic heterocycles. The van der Waals surface area contributed by atoms with Crippen molar-refractivity contribution in [2.75, 3.05) is 0 Å². The lowest BCUT2D eigenvalue weighted by Gasteiger charge is -2.20. The fourth-order valence-electron chi connectivity index (χ4n) is 2.49. The molecule has 144 valence electrons. The highest BCUT2D eigenvalue weighted by atomic mass is 16.6. The Morgan fingerprint density at radius 2 is 1.56 bits per heavy atom. The van der Waals surface area contributed by atoms with Gasteiger partial charge in [0.05, 0.1) is 0 Å². The lowest BCUT2D eigenvalue weighted by molar-refractivity contribution is -0.137. The summed E-state index contributed by atoms with van der Waals surface area (Å²) in [6.07, 6.45) is -0.648. The molecule has 0 fully saturated rings. The molecule has 2 aromatic carbocycles. The number of esters is 1. The maximum Gasteiger partial charge on any atom is 0.408 e. The van der Waals surface area contributed by atoms with Gasteiger partial charge in [-0.1, -0.05) is 70.2 Å². The van der Waals surface area contributed by atoms with Crippen molar-refractivity contribution < 1.29 is 19.1 Å². The van der Waals surface area contributed by atoms with Gasteiger partial charge in [0, 0.05) is 0 Å². The third-order valence-electron chi connectivity index (χ3n) is 4.17. The molecule has 27 heavy (non-hydrogen) atoms. The summed E-state index contributed by atoms with van der Waals surface area (Å²) in [6, 6.07) is 15.9. The second kappa shape index (κ2) is 9.76. The lowest BCUT2D eigenvalue weighted by Crippen LogP contribution is -2.46. The molecule has 0 saturated carbocycles. The van der Waals surface area contributed by atoms with Gasteiger partial charge in [0.1, 0.15) is 18.4 Å². The number of alkyl carbamates (subject to hydrolysis) is 1. The topological polar surface area (TPSA) is 64.6 Å². The fraction of sp³-hybridized carbons (Fsp3) is 0.364. The minimum Gasteiger partial charge on any atom is -0.445 e. The first-order valence-corrected chi connectivity index (χ1v) is 9.15. The fourth-order valence-corrected chi connectivity index (χ4v) is 2.49. The number of carbonyl (C=O) groups excluding carboxylic acids is 2. The summed E-state index contributed by atoms with van der Waals surface area (Å²) < 4.78 is 10.6. The van der Waals surface area contributed by atoms with Gasteiger partial charge >= 0.3 is 12.1 Å². The van der Waals surface area contributed by atoms with Gasteiger partial charge in [0.25, 0.3) is 0 Å². The standard InChI is InChI=1S/C22H27NO4/c1-15(2)18-10-12-19(13-11-18)27-21(24)20(16(3)4)23-22(25)26-14-17-8-6-5-7-9-17/h5-13,15-16,20H,14H2,1-4H3,(H,23,25). The second-order valence-corrected chi connectivity index (χ2v) is 7.07. The molecular formula is C22H27NO4. The number of amides is 1. The van der Waals surface area contributed by atoms with Crippen LogP contribution in [0, 0.1) is 5.92 Å². The van der Waals surface area contributed by atoms with E-state index in [-0.39, 0.29) is 12.5 Å². The number of carbonyl (C=O) groups is 2. The van der Waals surface area contributed by atoms with Crippen molar-refractivity contribution >= 4 is 12.1 Å².